The molecule has 0 bridgehead atoms. The summed E-state index contributed by atoms with van der Waals surface area (Å²) in [4.78, 5) is 26.0. The second-order valence-electron chi connectivity index (χ2n) is 9.85. The van der Waals surface area contributed by atoms with E-state index in [9.17, 15) is 19.8 Å². The first-order valence-electron chi connectivity index (χ1n) is 11.3. The Bertz CT molecular complexity index is 629. The van der Waals surface area contributed by atoms with Crippen molar-refractivity contribution in [1.82, 2.24) is 3.11 Å². The first-order chi connectivity index (χ1) is 14.1. The molecule has 1 aliphatic rings. The Morgan fingerprint density at radius 2 is 1.74 bits per heavy atom. The number of halogens is 1. The van der Waals surface area contributed by atoms with E-state index in [4.69, 9.17) is 9.47 Å². The number of aliphatic hydroxyl groups excluding tert-OH is 1. The summed E-state index contributed by atoms with van der Waals surface area (Å²) in [6.07, 6.45) is -1.07. The number of nitrogens with zero attached hydrogens (tertiary/aromatic N) is 1. The van der Waals surface area contributed by atoms with Gasteiger partial charge in [-0.1, -0.05) is 27.7 Å². The molecule has 1 rings (SSSR count). The molecule has 1 aliphatic heterocycles. The van der Waals surface area contributed by atoms with Crippen LogP contribution in [0.5, 0.6) is 0 Å². The molecule has 0 spiro atoms. The minimum Gasteiger partial charge on any atom is -0.459 e. The number of ketones is 1. The number of carbonyl (C=O) groups is 2. The standard InChI is InChI=1S/C23H42INO6/c1-10-18-23(8,29)20(27)17(6)25(24)12-13(2)11-22(7,30-9)16(5)14(3)19(26)15(4)21(28)31-18/h13-18,20,27,29H,10-12H2,1-9H3/t13-,14-,15-,16-,17-,18-,20-,22-,23-/m1/s1. The summed E-state index contributed by atoms with van der Waals surface area (Å²) < 4.78 is 13.5. The first-order valence-corrected chi connectivity index (χ1v) is 12.2. The van der Waals surface area contributed by atoms with Gasteiger partial charge in [0.25, 0.3) is 0 Å². The molecule has 8 heteroatoms. The van der Waals surface area contributed by atoms with Gasteiger partial charge in [0.2, 0.25) is 0 Å². The highest BCUT2D eigenvalue weighted by atomic mass is 127. The second-order valence-corrected chi connectivity index (χ2v) is 11.1. The molecule has 9 atom stereocenters. The van der Waals surface area contributed by atoms with Crippen molar-refractivity contribution in [2.75, 3.05) is 13.7 Å². The predicted octanol–water partition coefficient (Wildman–Crippen LogP) is 3.38. The molecule has 1 heterocycles. The quantitative estimate of drug-likeness (QED) is 0.234. The van der Waals surface area contributed by atoms with Crippen molar-refractivity contribution in [3.05, 3.63) is 0 Å². The van der Waals surface area contributed by atoms with Crippen LogP contribution in [0.4, 0.5) is 0 Å². The Hall–Kier alpha value is -0.290. The third-order valence-electron chi connectivity index (χ3n) is 7.43. The van der Waals surface area contributed by atoms with Crippen LogP contribution in [0.2, 0.25) is 0 Å². The van der Waals surface area contributed by atoms with Crippen molar-refractivity contribution in [2.24, 2.45) is 23.7 Å². The van der Waals surface area contributed by atoms with Gasteiger partial charge in [0.15, 0.2) is 0 Å². The topological polar surface area (TPSA) is 96.3 Å². The summed E-state index contributed by atoms with van der Waals surface area (Å²) in [6.45, 7) is 15.3. The molecule has 0 unspecified atom stereocenters. The van der Waals surface area contributed by atoms with Gasteiger partial charge in [-0.3, -0.25) is 9.59 Å². The van der Waals surface area contributed by atoms with E-state index in [-0.39, 0.29) is 23.7 Å². The van der Waals surface area contributed by atoms with Crippen LogP contribution < -0.4 is 0 Å². The zero-order chi connectivity index (χ0) is 24.3. The number of esters is 1. The van der Waals surface area contributed by atoms with Gasteiger partial charge in [0.1, 0.15) is 29.5 Å². The number of carbonyl (C=O) groups excluding carboxylic acids is 2. The smallest absolute Gasteiger partial charge is 0.316 e. The maximum atomic E-state index is 13.1. The average Bonchev–Trinajstić information content (AvgIpc) is 2.72. The molecule has 31 heavy (non-hydrogen) atoms. The van der Waals surface area contributed by atoms with E-state index in [0.717, 1.165) is 0 Å². The number of methoxy groups -OCH3 is 1. The first kappa shape index (κ1) is 28.7. The fraction of sp³-hybridized carbons (Fsp3) is 0.913. The normalized spacial score (nSPS) is 45.0. The van der Waals surface area contributed by atoms with E-state index in [2.05, 4.69) is 29.8 Å². The third-order valence-corrected chi connectivity index (χ3v) is 8.70. The van der Waals surface area contributed by atoms with E-state index in [1.165, 1.54) is 6.92 Å². The molecule has 7 nitrogen and oxygen atoms in total. The Labute approximate surface area is 201 Å². The van der Waals surface area contributed by atoms with Crippen LogP contribution in [0.25, 0.3) is 0 Å². The van der Waals surface area contributed by atoms with Gasteiger partial charge in [-0.2, -0.15) is 0 Å². The SMILES string of the molecule is CC[C@H]1OC(=O)[C@H](C)C(=O)[C@H](C)[C@@H](C)[C@](C)(OC)C[C@@H](C)CN(I)[C@H](C)[C@@H](O)[C@]1(C)O. The summed E-state index contributed by atoms with van der Waals surface area (Å²) in [7, 11) is 1.66. The molecule has 0 radical (unpaired) electrons. The van der Waals surface area contributed by atoms with Crippen molar-refractivity contribution < 1.29 is 29.3 Å². The largest absolute Gasteiger partial charge is 0.459 e. The number of ether oxygens (including phenoxy) is 2. The van der Waals surface area contributed by atoms with Gasteiger partial charge in [0, 0.05) is 48.5 Å². The molecule has 0 aromatic rings. The number of cyclic esters (lactones) is 1. The molecule has 1 fully saturated rings. The summed E-state index contributed by atoms with van der Waals surface area (Å²) in [5, 5.41) is 22.1. The second kappa shape index (κ2) is 11.2. The highest BCUT2D eigenvalue weighted by Crippen LogP contribution is 2.36. The monoisotopic (exact) mass is 555 g/mol. The molecule has 0 aliphatic carbocycles. The van der Waals surface area contributed by atoms with Gasteiger partial charge in [-0.15, -0.1) is 0 Å². The maximum absolute atomic E-state index is 13.1. The number of hydrogen-bond acceptors (Lipinski definition) is 7. The van der Waals surface area contributed by atoms with Crippen molar-refractivity contribution in [1.29, 1.82) is 0 Å². The van der Waals surface area contributed by atoms with Gasteiger partial charge < -0.3 is 19.7 Å². The van der Waals surface area contributed by atoms with Gasteiger partial charge in [-0.25, -0.2) is 3.11 Å². The molecular weight excluding hydrogens is 513 g/mol. The van der Waals surface area contributed by atoms with E-state index in [1.54, 1.807) is 21.0 Å². The molecule has 0 aromatic heterocycles. The average molecular weight is 555 g/mol. The predicted molar refractivity (Wildman–Crippen MR) is 129 cm³/mol. The molecule has 1 saturated heterocycles. The number of rotatable bonds is 2. The summed E-state index contributed by atoms with van der Waals surface area (Å²) >= 11 is 2.17. The van der Waals surface area contributed by atoms with Crippen LogP contribution in [0.3, 0.4) is 0 Å². The van der Waals surface area contributed by atoms with Crippen LogP contribution in [-0.2, 0) is 19.1 Å². The Morgan fingerprint density at radius 3 is 2.23 bits per heavy atom. The van der Waals surface area contributed by atoms with Crippen LogP contribution in [0.15, 0.2) is 0 Å². The Kier molecular flexibility index (Phi) is 10.4. The lowest BCUT2D eigenvalue weighted by molar-refractivity contribution is -0.187. The van der Waals surface area contributed by atoms with Crippen LogP contribution in [-0.4, -0.2) is 68.2 Å². The number of aliphatic hydroxyl groups is 2. The van der Waals surface area contributed by atoms with Gasteiger partial charge >= 0.3 is 5.97 Å². The molecule has 0 aromatic carbocycles. The summed E-state index contributed by atoms with van der Waals surface area (Å²) in [5.74, 6) is -2.18. The van der Waals surface area contributed by atoms with Crippen LogP contribution >= 0.6 is 22.9 Å². The van der Waals surface area contributed by atoms with Gasteiger partial charge in [-0.05, 0) is 52.4 Å². The third kappa shape index (κ3) is 6.40. The van der Waals surface area contributed by atoms with E-state index >= 15 is 0 Å². The van der Waals surface area contributed by atoms with Crippen molar-refractivity contribution in [3.8, 4) is 0 Å². The highest BCUT2D eigenvalue weighted by Gasteiger charge is 2.47. The Morgan fingerprint density at radius 1 is 1.19 bits per heavy atom. The molecule has 0 saturated carbocycles. The van der Waals surface area contributed by atoms with E-state index < -0.39 is 41.2 Å². The number of Topliss-reactive ketones (excluding diaryl/α,β-unsaturated/α-hetero) is 1. The van der Waals surface area contributed by atoms with Crippen molar-refractivity contribution in [3.63, 3.8) is 0 Å². The fourth-order valence-corrected chi connectivity index (χ4v) is 5.63. The lowest BCUT2D eigenvalue weighted by Crippen LogP contribution is -2.58. The van der Waals surface area contributed by atoms with Crippen LogP contribution in [0, 0.1) is 23.7 Å². The summed E-state index contributed by atoms with van der Waals surface area (Å²) in [5.41, 5.74) is -2.23. The Balaban J connectivity index is 3.43. The lowest BCUT2D eigenvalue weighted by atomic mass is 9.73. The summed E-state index contributed by atoms with van der Waals surface area (Å²) in [6, 6.07) is -0.389. The molecular formula is C23H42INO6. The van der Waals surface area contributed by atoms with E-state index in [0.29, 0.717) is 19.4 Å². The minimum absolute atomic E-state index is 0.122. The number of hydrogen-bond donors (Lipinski definition) is 2. The van der Waals surface area contributed by atoms with Gasteiger partial charge in [0.05, 0.1) is 5.60 Å². The molecule has 2 N–H and O–H groups in total. The lowest BCUT2D eigenvalue weighted by Gasteiger charge is -2.41. The highest BCUT2D eigenvalue weighted by molar-refractivity contribution is 14.1. The minimum atomic E-state index is -1.67. The zero-order valence-electron chi connectivity index (χ0n) is 20.5. The van der Waals surface area contributed by atoms with E-state index in [1.807, 2.05) is 30.8 Å². The van der Waals surface area contributed by atoms with Crippen LogP contribution in [0.1, 0.15) is 68.2 Å². The fourth-order valence-electron chi connectivity index (χ4n) is 4.65. The van der Waals surface area contributed by atoms with Crippen molar-refractivity contribution >= 4 is 34.6 Å². The zero-order valence-corrected chi connectivity index (χ0v) is 22.7. The van der Waals surface area contributed by atoms with Crippen molar-refractivity contribution in [2.45, 2.75) is 97.7 Å². The molecule has 182 valence electrons. The molecule has 0 amide bonds. The maximum Gasteiger partial charge on any atom is 0.316 e.